The van der Waals surface area contributed by atoms with Crippen LogP contribution >= 0.6 is 39.3 Å². The van der Waals surface area contributed by atoms with E-state index in [2.05, 4.69) is 36.7 Å². The molecule has 1 fully saturated rings. The third kappa shape index (κ3) is 2.60. The molecule has 1 aliphatic carbocycles. The van der Waals surface area contributed by atoms with Crippen molar-refractivity contribution in [2.45, 2.75) is 42.9 Å². The van der Waals surface area contributed by atoms with Gasteiger partial charge in [-0.05, 0) is 41.1 Å². The smallest absolute Gasteiger partial charge is 0.160 e. The van der Waals surface area contributed by atoms with E-state index in [9.17, 15) is 0 Å². The van der Waals surface area contributed by atoms with Gasteiger partial charge in [-0.15, -0.1) is 11.6 Å². The molecular formula is C14H17BrClN3S. The van der Waals surface area contributed by atoms with Gasteiger partial charge in [0.05, 0.1) is 5.88 Å². The molecule has 3 nitrogen and oxygen atoms in total. The Balaban J connectivity index is 2.05. The van der Waals surface area contributed by atoms with Crippen LogP contribution in [0.3, 0.4) is 0 Å². The third-order valence-electron chi connectivity index (χ3n) is 4.14. The first-order valence-electron chi connectivity index (χ1n) is 6.79. The van der Waals surface area contributed by atoms with Gasteiger partial charge in [0.15, 0.2) is 5.65 Å². The van der Waals surface area contributed by atoms with Gasteiger partial charge in [0.1, 0.15) is 11.3 Å². The SMILES string of the molecule is CSC1(Cn2c(CCl)nc3cc(Br)cnc32)CCCC1. The summed E-state index contributed by atoms with van der Waals surface area (Å²) in [5.74, 6) is 1.35. The normalized spacial score (nSPS) is 17.9. The molecule has 20 heavy (non-hydrogen) atoms. The molecule has 3 rings (SSSR count). The Hall–Kier alpha value is -0.260. The second-order valence-corrected chi connectivity index (χ2v) is 7.80. The molecule has 1 aliphatic rings. The number of thioether (sulfide) groups is 1. The molecule has 108 valence electrons. The number of rotatable bonds is 4. The summed E-state index contributed by atoms with van der Waals surface area (Å²) in [5, 5.41) is 0. The third-order valence-corrected chi connectivity index (χ3v) is 6.22. The van der Waals surface area contributed by atoms with E-state index in [1.807, 2.05) is 24.0 Å². The molecule has 0 saturated heterocycles. The van der Waals surface area contributed by atoms with Crippen molar-refractivity contribution in [2.24, 2.45) is 0 Å². The van der Waals surface area contributed by atoms with Crippen LogP contribution in [-0.4, -0.2) is 25.5 Å². The van der Waals surface area contributed by atoms with E-state index in [-0.39, 0.29) is 0 Å². The van der Waals surface area contributed by atoms with Gasteiger partial charge in [-0.2, -0.15) is 11.8 Å². The zero-order valence-corrected chi connectivity index (χ0v) is 14.6. The second-order valence-electron chi connectivity index (χ2n) is 5.34. The lowest BCUT2D eigenvalue weighted by Gasteiger charge is -2.28. The van der Waals surface area contributed by atoms with Crippen molar-refractivity contribution < 1.29 is 0 Å². The summed E-state index contributed by atoms with van der Waals surface area (Å²) in [6.07, 6.45) is 9.23. The Morgan fingerprint density at radius 3 is 2.85 bits per heavy atom. The molecule has 6 heteroatoms. The highest BCUT2D eigenvalue weighted by molar-refractivity contribution is 9.10. The highest BCUT2D eigenvalue weighted by Gasteiger charge is 2.34. The van der Waals surface area contributed by atoms with Gasteiger partial charge in [0.25, 0.3) is 0 Å². The van der Waals surface area contributed by atoms with Crippen molar-refractivity contribution in [3.8, 4) is 0 Å². The summed E-state index contributed by atoms with van der Waals surface area (Å²) in [6.45, 7) is 0.960. The molecule has 0 N–H and O–H groups in total. The summed E-state index contributed by atoms with van der Waals surface area (Å²) in [6, 6.07) is 2.01. The van der Waals surface area contributed by atoms with Crippen LogP contribution in [0.2, 0.25) is 0 Å². The molecule has 0 spiro atoms. The molecule has 1 saturated carbocycles. The number of fused-ring (bicyclic) bond motifs is 1. The summed E-state index contributed by atoms with van der Waals surface area (Å²) in [5.41, 5.74) is 1.87. The quantitative estimate of drug-likeness (QED) is 0.732. The van der Waals surface area contributed by atoms with Gasteiger partial charge in [0.2, 0.25) is 0 Å². The van der Waals surface area contributed by atoms with E-state index in [0.717, 1.165) is 28.0 Å². The van der Waals surface area contributed by atoms with E-state index in [1.165, 1.54) is 25.7 Å². The fourth-order valence-electron chi connectivity index (χ4n) is 3.04. The Morgan fingerprint density at radius 1 is 1.45 bits per heavy atom. The summed E-state index contributed by atoms with van der Waals surface area (Å²) in [7, 11) is 0. The van der Waals surface area contributed by atoms with Crippen molar-refractivity contribution in [1.29, 1.82) is 0 Å². The van der Waals surface area contributed by atoms with E-state index < -0.39 is 0 Å². The maximum absolute atomic E-state index is 6.09. The van der Waals surface area contributed by atoms with Crippen molar-refractivity contribution >= 4 is 50.5 Å². The lowest BCUT2D eigenvalue weighted by molar-refractivity contribution is 0.503. The van der Waals surface area contributed by atoms with E-state index in [1.54, 1.807) is 0 Å². The highest BCUT2D eigenvalue weighted by Crippen LogP contribution is 2.42. The Bertz CT molecular complexity index is 622. The molecule has 0 aromatic carbocycles. The van der Waals surface area contributed by atoms with Crippen molar-refractivity contribution in [3.05, 3.63) is 22.6 Å². The Kier molecular flexibility index (Phi) is 4.29. The number of aromatic nitrogens is 3. The predicted molar refractivity (Wildman–Crippen MR) is 89.5 cm³/mol. The van der Waals surface area contributed by atoms with Gasteiger partial charge in [0, 0.05) is 22.0 Å². The first-order chi connectivity index (χ1) is 9.67. The number of alkyl halides is 1. The largest absolute Gasteiger partial charge is 0.310 e. The van der Waals surface area contributed by atoms with Crippen LogP contribution in [0.15, 0.2) is 16.7 Å². The van der Waals surface area contributed by atoms with Crippen LogP contribution in [0.5, 0.6) is 0 Å². The Morgan fingerprint density at radius 2 is 2.20 bits per heavy atom. The minimum Gasteiger partial charge on any atom is -0.310 e. The summed E-state index contributed by atoms with van der Waals surface area (Å²) in [4.78, 5) is 9.17. The highest BCUT2D eigenvalue weighted by atomic mass is 79.9. The summed E-state index contributed by atoms with van der Waals surface area (Å²) >= 11 is 11.5. The number of imidazole rings is 1. The average molecular weight is 375 g/mol. The molecule has 0 bridgehead atoms. The standard InChI is InChI=1S/C14H17BrClN3S/c1-20-14(4-2-3-5-14)9-19-12(7-16)18-11-6-10(15)8-17-13(11)19/h6,8H,2-5,7,9H2,1H3. The van der Waals surface area contributed by atoms with Gasteiger partial charge in [-0.25, -0.2) is 9.97 Å². The van der Waals surface area contributed by atoms with Crippen LogP contribution in [0, 0.1) is 0 Å². The number of pyridine rings is 1. The lowest BCUT2D eigenvalue weighted by Crippen LogP contribution is -2.27. The monoisotopic (exact) mass is 373 g/mol. The topological polar surface area (TPSA) is 30.7 Å². The maximum atomic E-state index is 6.09. The van der Waals surface area contributed by atoms with Crippen LogP contribution in [0.1, 0.15) is 31.5 Å². The first-order valence-corrected chi connectivity index (χ1v) is 9.34. The number of halogens is 2. The van der Waals surface area contributed by atoms with Gasteiger partial charge in [-0.3, -0.25) is 0 Å². The van der Waals surface area contributed by atoms with Gasteiger partial charge in [-0.1, -0.05) is 12.8 Å². The first kappa shape index (κ1) is 14.7. The number of nitrogens with zero attached hydrogens (tertiary/aromatic N) is 3. The van der Waals surface area contributed by atoms with Crippen LogP contribution < -0.4 is 0 Å². The predicted octanol–water partition coefficient (Wildman–Crippen LogP) is 4.61. The molecule has 2 heterocycles. The molecule has 0 radical (unpaired) electrons. The van der Waals surface area contributed by atoms with E-state index >= 15 is 0 Å². The van der Waals surface area contributed by atoms with E-state index in [4.69, 9.17) is 11.6 Å². The minimum absolute atomic E-state index is 0.323. The van der Waals surface area contributed by atoms with Crippen LogP contribution in [-0.2, 0) is 12.4 Å². The zero-order chi connectivity index (χ0) is 14.2. The fraction of sp³-hybridized carbons (Fsp3) is 0.571. The number of hydrogen-bond donors (Lipinski definition) is 0. The Labute approximate surface area is 136 Å². The molecule has 0 amide bonds. The van der Waals surface area contributed by atoms with Crippen molar-refractivity contribution in [3.63, 3.8) is 0 Å². The van der Waals surface area contributed by atoms with Gasteiger partial charge >= 0.3 is 0 Å². The van der Waals surface area contributed by atoms with E-state index in [0.29, 0.717) is 10.6 Å². The summed E-state index contributed by atoms with van der Waals surface area (Å²) < 4.78 is 3.50. The van der Waals surface area contributed by atoms with Gasteiger partial charge < -0.3 is 4.57 Å². The zero-order valence-electron chi connectivity index (χ0n) is 11.4. The maximum Gasteiger partial charge on any atom is 0.160 e. The average Bonchev–Trinajstić information content (AvgIpc) is 3.04. The molecular weight excluding hydrogens is 358 g/mol. The lowest BCUT2D eigenvalue weighted by atomic mass is 10.1. The minimum atomic E-state index is 0.323. The number of hydrogen-bond acceptors (Lipinski definition) is 3. The van der Waals surface area contributed by atoms with Crippen molar-refractivity contribution in [2.75, 3.05) is 6.26 Å². The molecule has 2 aromatic rings. The fourth-order valence-corrected chi connectivity index (χ4v) is 4.51. The molecule has 0 unspecified atom stereocenters. The van der Waals surface area contributed by atoms with Crippen molar-refractivity contribution in [1.82, 2.24) is 14.5 Å². The van der Waals surface area contributed by atoms with Crippen LogP contribution in [0.4, 0.5) is 0 Å². The molecule has 2 aromatic heterocycles. The van der Waals surface area contributed by atoms with Crippen LogP contribution in [0.25, 0.3) is 11.2 Å². The molecule has 0 atom stereocenters. The second kappa shape index (κ2) is 5.85. The molecule has 0 aliphatic heterocycles.